The Bertz CT molecular complexity index is 396. The quantitative estimate of drug-likeness (QED) is 0.825. The molecular formula is C13H18F2N2O2. The van der Waals surface area contributed by atoms with Crippen molar-refractivity contribution in [2.75, 3.05) is 13.6 Å². The SMILES string of the molecule is CN(Cc1ccc(OC(F)F)cc1)C(=O)CCCN. The number of halogens is 2. The molecule has 0 aliphatic heterocycles. The second-order valence-corrected chi connectivity index (χ2v) is 4.16. The van der Waals surface area contributed by atoms with Gasteiger partial charge in [0.25, 0.3) is 0 Å². The van der Waals surface area contributed by atoms with E-state index < -0.39 is 6.61 Å². The van der Waals surface area contributed by atoms with Crippen LogP contribution in [-0.4, -0.2) is 31.0 Å². The molecule has 6 heteroatoms. The summed E-state index contributed by atoms with van der Waals surface area (Å²) in [4.78, 5) is 13.2. The molecule has 0 aromatic heterocycles. The Balaban J connectivity index is 2.50. The highest BCUT2D eigenvalue weighted by molar-refractivity contribution is 5.75. The van der Waals surface area contributed by atoms with Gasteiger partial charge in [0.1, 0.15) is 5.75 Å². The van der Waals surface area contributed by atoms with Crippen molar-refractivity contribution in [3.8, 4) is 5.75 Å². The Morgan fingerprint density at radius 1 is 1.37 bits per heavy atom. The topological polar surface area (TPSA) is 55.6 Å². The van der Waals surface area contributed by atoms with E-state index in [-0.39, 0.29) is 11.7 Å². The first-order valence-electron chi connectivity index (χ1n) is 6.00. The minimum atomic E-state index is -2.83. The molecule has 1 amide bonds. The normalized spacial score (nSPS) is 10.6. The van der Waals surface area contributed by atoms with Crippen LogP contribution in [0.15, 0.2) is 24.3 Å². The second-order valence-electron chi connectivity index (χ2n) is 4.16. The molecule has 1 rings (SSSR count). The summed E-state index contributed by atoms with van der Waals surface area (Å²) in [6, 6.07) is 6.23. The van der Waals surface area contributed by atoms with E-state index in [1.54, 1.807) is 24.1 Å². The number of ether oxygens (including phenoxy) is 1. The summed E-state index contributed by atoms with van der Waals surface area (Å²) in [6.45, 7) is -1.91. The first-order valence-corrected chi connectivity index (χ1v) is 6.00. The van der Waals surface area contributed by atoms with E-state index in [0.717, 1.165) is 5.56 Å². The predicted molar refractivity (Wildman–Crippen MR) is 67.8 cm³/mol. The third-order valence-corrected chi connectivity index (χ3v) is 2.59. The van der Waals surface area contributed by atoms with Gasteiger partial charge < -0.3 is 15.4 Å². The van der Waals surface area contributed by atoms with Gasteiger partial charge in [-0.2, -0.15) is 8.78 Å². The molecule has 0 saturated heterocycles. The van der Waals surface area contributed by atoms with Gasteiger partial charge in [-0.05, 0) is 30.7 Å². The van der Waals surface area contributed by atoms with Crippen LogP contribution >= 0.6 is 0 Å². The first kappa shape index (κ1) is 15.4. The van der Waals surface area contributed by atoms with Crippen molar-refractivity contribution in [1.29, 1.82) is 0 Å². The Labute approximate surface area is 111 Å². The molecule has 0 heterocycles. The molecule has 0 aliphatic rings. The fourth-order valence-corrected chi connectivity index (χ4v) is 1.58. The lowest BCUT2D eigenvalue weighted by Crippen LogP contribution is -2.26. The van der Waals surface area contributed by atoms with Crippen LogP contribution in [0.25, 0.3) is 0 Å². The molecule has 0 unspecified atom stereocenters. The van der Waals surface area contributed by atoms with Crippen LogP contribution in [0.3, 0.4) is 0 Å². The zero-order chi connectivity index (χ0) is 14.3. The minimum absolute atomic E-state index is 0.0124. The smallest absolute Gasteiger partial charge is 0.387 e. The van der Waals surface area contributed by atoms with Crippen LogP contribution < -0.4 is 10.5 Å². The van der Waals surface area contributed by atoms with Crippen LogP contribution in [0, 0.1) is 0 Å². The van der Waals surface area contributed by atoms with E-state index in [1.165, 1.54) is 12.1 Å². The number of amides is 1. The zero-order valence-electron chi connectivity index (χ0n) is 10.8. The van der Waals surface area contributed by atoms with Crippen molar-refractivity contribution >= 4 is 5.91 Å². The van der Waals surface area contributed by atoms with Crippen molar-refractivity contribution in [2.45, 2.75) is 26.0 Å². The first-order chi connectivity index (χ1) is 9.02. The largest absolute Gasteiger partial charge is 0.435 e. The van der Waals surface area contributed by atoms with Crippen LogP contribution in [0.1, 0.15) is 18.4 Å². The Morgan fingerprint density at radius 3 is 2.53 bits per heavy atom. The van der Waals surface area contributed by atoms with Gasteiger partial charge in [0.05, 0.1) is 0 Å². The van der Waals surface area contributed by atoms with Gasteiger partial charge in [-0.15, -0.1) is 0 Å². The molecule has 0 atom stereocenters. The maximum Gasteiger partial charge on any atom is 0.387 e. The molecule has 0 bridgehead atoms. The number of alkyl halides is 2. The van der Waals surface area contributed by atoms with Crippen molar-refractivity contribution < 1.29 is 18.3 Å². The van der Waals surface area contributed by atoms with Gasteiger partial charge in [-0.3, -0.25) is 4.79 Å². The van der Waals surface area contributed by atoms with Crippen LogP contribution in [-0.2, 0) is 11.3 Å². The Kier molecular flexibility index (Phi) is 6.21. The molecule has 0 saturated carbocycles. The number of hydrogen-bond acceptors (Lipinski definition) is 3. The number of nitrogens with zero attached hydrogens (tertiary/aromatic N) is 1. The van der Waals surface area contributed by atoms with Gasteiger partial charge in [0, 0.05) is 20.0 Å². The number of carbonyl (C=O) groups excluding carboxylic acids is 1. The summed E-state index contributed by atoms with van der Waals surface area (Å²) in [5.74, 6) is 0.120. The summed E-state index contributed by atoms with van der Waals surface area (Å²) in [6.07, 6.45) is 1.07. The lowest BCUT2D eigenvalue weighted by molar-refractivity contribution is -0.130. The number of benzene rings is 1. The van der Waals surface area contributed by atoms with Crippen LogP contribution in [0.2, 0.25) is 0 Å². The zero-order valence-corrected chi connectivity index (χ0v) is 10.8. The van der Waals surface area contributed by atoms with Gasteiger partial charge in [-0.1, -0.05) is 12.1 Å². The number of carbonyl (C=O) groups is 1. The molecular weight excluding hydrogens is 254 g/mol. The molecule has 1 aromatic carbocycles. The third-order valence-electron chi connectivity index (χ3n) is 2.59. The molecule has 0 radical (unpaired) electrons. The van der Waals surface area contributed by atoms with Crippen molar-refractivity contribution in [3.05, 3.63) is 29.8 Å². The van der Waals surface area contributed by atoms with E-state index in [1.807, 2.05) is 0 Å². The van der Waals surface area contributed by atoms with Crippen LogP contribution in [0.5, 0.6) is 5.75 Å². The number of hydrogen-bond donors (Lipinski definition) is 1. The van der Waals surface area contributed by atoms with E-state index >= 15 is 0 Å². The lowest BCUT2D eigenvalue weighted by atomic mass is 10.2. The maximum absolute atomic E-state index is 12.0. The van der Waals surface area contributed by atoms with E-state index in [9.17, 15) is 13.6 Å². The lowest BCUT2D eigenvalue weighted by Gasteiger charge is -2.17. The van der Waals surface area contributed by atoms with Gasteiger partial charge in [0.15, 0.2) is 0 Å². The third kappa shape index (κ3) is 5.65. The van der Waals surface area contributed by atoms with Gasteiger partial charge in [-0.25, -0.2) is 0 Å². The number of nitrogens with two attached hydrogens (primary N) is 1. The molecule has 0 fully saturated rings. The van der Waals surface area contributed by atoms with Crippen molar-refractivity contribution in [1.82, 2.24) is 4.90 Å². The molecule has 0 spiro atoms. The van der Waals surface area contributed by atoms with Gasteiger partial charge in [0.2, 0.25) is 5.91 Å². The van der Waals surface area contributed by atoms with Gasteiger partial charge >= 0.3 is 6.61 Å². The Morgan fingerprint density at radius 2 is 2.00 bits per heavy atom. The highest BCUT2D eigenvalue weighted by Crippen LogP contribution is 2.15. The van der Waals surface area contributed by atoms with E-state index in [2.05, 4.69) is 4.74 Å². The summed E-state index contributed by atoms with van der Waals surface area (Å²) in [5, 5.41) is 0. The fourth-order valence-electron chi connectivity index (χ4n) is 1.58. The highest BCUT2D eigenvalue weighted by atomic mass is 19.3. The van der Waals surface area contributed by atoms with Crippen LogP contribution in [0.4, 0.5) is 8.78 Å². The molecule has 4 nitrogen and oxygen atoms in total. The van der Waals surface area contributed by atoms with E-state index in [0.29, 0.717) is 25.9 Å². The van der Waals surface area contributed by atoms with E-state index in [4.69, 9.17) is 5.73 Å². The summed E-state index contributed by atoms with van der Waals surface area (Å²) >= 11 is 0. The molecule has 0 aliphatic carbocycles. The fraction of sp³-hybridized carbons (Fsp3) is 0.462. The second kappa shape index (κ2) is 7.68. The summed E-state index contributed by atoms with van der Waals surface area (Å²) in [7, 11) is 1.70. The summed E-state index contributed by atoms with van der Waals surface area (Å²) in [5.41, 5.74) is 6.19. The maximum atomic E-state index is 12.0. The minimum Gasteiger partial charge on any atom is -0.435 e. The summed E-state index contributed by atoms with van der Waals surface area (Å²) < 4.78 is 28.2. The van der Waals surface area contributed by atoms with Crippen molar-refractivity contribution in [2.24, 2.45) is 5.73 Å². The average Bonchev–Trinajstić information content (AvgIpc) is 2.37. The molecule has 1 aromatic rings. The number of rotatable bonds is 7. The molecule has 2 N–H and O–H groups in total. The standard InChI is InChI=1S/C13H18F2N2O2/c1-17(12(18)3-2-8-16)9-10-4-6-11(7-5-10)19-13(14)15/h4-7,13H,2-3,8-9,16H2,1H3. The highest BCUT2D eigenvalue weighted by Gasteiger charge is 2.09. The monoisotopic (exact) mass is 272 g/mol. The average molecular weight is 272 g/mol. The molecule has 106 valence electrons. The Hall–Kier alpha value is -1.69. The van der Waals surface area contributed by atoms with Crippen molar-refractivity contribution in [3.63, 3.8) is 0 Å². The predicted octanol–water partition coefficient (Wildman–Crippen LogP) is 1.99. The molecule has 19 heavy (non-hydrogen) atoms.